The van der Waals surface area contributed by atoms with Gasteiger partial charge in [0.1, 0.15) is 0 Å². The number of hydrogen-bond donors (Lipinski definition) is 1. The van der Waals surface area contributed by atoms with E-state index in [9.17, 15) is 0 Å². The largest absolute Gasteiger partial charge is 0.323 e. The lowest BCUT2D eigenvalue weighted by Crippen LogP contribution is -2.19. The van der Waals surface area contributed by atoms with Crippen LogP contribution in [-0.2, 0) is 5.75 Å². The Morgan fingerprint density at radius 2 is 2.15 bits per heavy atom. The molecule has 0 saturated heterocycles. The fourth-order valence-corrected chi connectivity index (χ4v) is 3.04. The first kappa shape index (κ1) is 9.66. The minimum Gasteiger partial charge on any atom is -0.323 e. The highest BCUT2D eigenvalue weighted by atomic mass is 35.5. The van der Waals surface area contributed by atoms with E-state index in [1.165, 1.54) is 0 Å². The fourth-order valence-electron chi connectivity index (χ4n) is 1.48. The zero-order valence-electron chi connectivity index (χ0n) is 6.89. The van der Waals surface area contributed by atoms with E-state index in [2.05, 4.69) is 0 Å². The summed E-state index contributed by atoms with van der Waals surface area (Å²) in [7, 11) is 0. The third-order valence-electron chi connectivity index (χ3n) is 2.18. The van der Waals surface area contributed by atoms with Crippen molar-refractivity contribution in [1.82, 2.24) is 0 Å². The van der Waals surface area contributed by atoms with Gasteiger partial charge in [-0.15, -0.1) is 0 Å². The maximum Gasteiger partial charge on any atom is 0.0636 e. The molecule has 2 N–H and O–H groups in total. The molecule has 1 heterocycles. The fraction of sp³-hybridized carbons (Fsp3) is 0.333. The molecule has 0 aromatic heterocycles. The van der Waals surface area contributed by atoms with Gasteiger partial charge in [-0.2, -0.15) is 11.8 Å². The van der Waals surface area contributed by atoms with Gasteiger partial charge in [0, 0.05) is 17.5 Å². The molecule has 0 unspecified atom stereocenters. The molecule has 1 nitrogen and oxygen atoms in total. The van der Waals surface area contributed by atoms with Crippen molar-refractivity contribution < 1.29 is 0 Å². The monoisotopic (exact) mass is 233 g/mol. The summed E-state index contributed by atoms with van der Waals surface area (Å²) >= 11 is 13.8. The predicted octanol–water partition coefficient (Wildman–Crippen LogP) is 3.24. The number of benzene rings is 1. The van der Waals surface area contributed by atoms with E-state index in [0.29, 0.717) is 10.0 Å². The molecule has 1 atom stereocenters. The van der Waals surface area contributed by atoms with Crippen molar-refractivity contribution in [2.45, 2.75) is 11.8 Å². The molecule has 13 heavy (non-hydrogen) atoms. The second kappa shape index (κ2) is 3.70. The maximum atomic E-state index is 6.08. The van der Waals surface area contributed by atoms with E-state index in [1.54, 1.807) is 11.8 Å². The van der Waals surface area contributed by atoms with Crippen LogP contribution in [0, 0.1) is 0 Å². The van der Waals surface area contributed by atoms with Crippen LogP contribution in [0.5, 0.6) is 0 Å². The zero-order valence-corrected chi connectivity index (χ0v) is 9.22. The molecule has 0 aliphatic carbocycles. The third kappa shape index (κ3) is 1.68. The number of rotatable bonds is 0. The smallest absolute Gasteiger partial charge is 0.0636 e. The Hall–Kier alpha value is 0.110. The second-order valence-electron chi connectivity index (χ2n) is 3.05. The van der Waals surface area contributed by atoms with Crippen molar-refractivity contribution in [3.8, 4) is 0 Å². The predicted molar refractivity (Wildman–Crippen MR) is 59.6 cm³/mol. The van der Waals surface area contributed by atoms with E-state index in [0.717, 1.165) is 22.6 Å². The second-order valence-corrected chi connectivity index (χ2v) is 4.87. The third-order valence-corrected chi connectivity index (χ3v) is 4.11. The molecule has 1 aliphatic rings. The normalized spacial score (nSPS) is 21.3. The first-order valence-electron chi connectivity index (χ1n) is 4.00. The van der Waals surface area contributed by atoms with Crippen LogP contribution in [0.15, 0.2) is 12.1 Å². The van der Waals surface area contributed by atoms with Gasteiger partial charge in [-0.05, 0) is 17.2 Å². The van der Waals surface area contributed by atoms with Crippen LogP contribution in [-0.4, -0.2) is 5.75 Å². The van der Waals surface area contributed by atoms with E-state index in [-0.39, 0.29) is 6.04 Å². The molecule has 0 fully saturated rings. The van der Waals surface area contributed by atoms with Crippen LogP contribution in [0.1, 0.15) is 17.2 Å². The first-order valence-corrected chi connectivity index (χ1v) is 5.91. The van der Waals surface area contributed by atoms with Gasteiger partial charge in [-0.1, -0.05) is 29.3 Å². The van der Waals surface area contributed by atoms with Crippen LogP contribution in [0.3, 0.4) is 0 Å². The van der Waals surface area contributed by atoms with Gasteiger partial charge in [0.25, 0.3) is 0 Å². The summed E-state index contributed by atoms with van der Waals surface area (Å²) in [6.07, 6.45) is 0. The number of thioether (sulfide) groups is 1. The van der Waals surface area contributed by atoms with Gasteiger partial charge in [0.05, 0.1) is 10.0 Å². The van der Waals surface area contributed by atoms with Crippen LogP contribution >= 0.6 is 35.0 Å². The Morgan fingerprint density at radius 1 is 1.38 bits per heavy atom. The summed E-state index contributed by atoms with van der Waals surface area (Å²) in [6.45, 7) is 0. The SMILES string of the molecule is N[C@H]1CSCc2c1ccc(Cl)c2Cl. The topological polar surface area (TPSA) is 26.0 Å². The van der Waals surface area contributed by atoms with Crippen molar-refractivity contribution in [2.24, 2.45) is 5.73 Å². The average molecular weight is 234 g/mol. The van der Waals surface area contributed by atoms with Crippen LogP contribution < -0.4 is 5.73 Å². The molecule has 70 valence electrons. The van der Waals surface area contributed by atoms with Crippen LogP contribution in [0.25, 0.3) is 0 Å². The average Bonchev–Trinajstić information content (AvgIpc) is 2.12. The lowest BCUT2D eigenvalue weighted by molar-refractivity contribution is 0.810. The quantitative estimate of drug-likeness (QED) is 0.745. The highest BCUT2D eigenvalue weighted by Crippen LogP contribution is 2.37. The molecule has 1 aliphatic heterocycles. The molecular formula is C9H9Cl2NS. The van der Waals surface area contributed by atoms with Gasteiger partial charge >= 0.3 is 0 Å². The molecule has 0 amide bonds. The van der Waals surface area contributed by atoms with Crippen molar-refractivity contribution in [2.75, 3.05) is 5.75 Å². The van der Waals surface area contributed by atoms with Gasteiger partial charge < -0.3 is 5.73 Å². The number of fused-ring (bicyclic) bond motifs is 1. The van der Waals surface area contributed by atoms with Crippen molar-refractivity contribution in [1.29, 1.82) is 0 Å². The summed E-state index contributed by atoms with van der Waals surface area (Å²) in [6, 6.07) is 3.90. The Labute approximate surface area is 91.6 Å². The summed E-state index contributed by atoms with van der Waals surface area (Å²) in [5.41, 5.74) is 8.20. The molecule has 1 aromatic carbocycles. The number of halogens is 2. The molecule has 0 bridgehead atoms. The zero-order chi connectivity index (χ0) is 9.42. The summed E-state index contributed by atoms with van der Waals surface area (Å²) in [4.78, 5) is 0. The molecule has 0 spiro atoms. The van der Waals surface area contributed by atoms with E-state index >= 15 is 0 Å². The number of nitrogens with two attached hydrogens (primary N) is 1. The van der Waals surface area contributed by atoms with Crippen molar-refractivity contribution in [3.05, 3.63) is 33.3 Å². The molecule has 4 heteroatoms. The van der Waals surface area contributed by atoms with E-state index in [4.69, 9.17) is 28.9 Å². The lowest BCUT2D eigenvalue weighted by Gasteiger charge is -2.23. The Bertz CT molecular complexity index is 341. The van der Waals surface area contributed by atoms with Crippen LogP contribution in [0.2, 0.25) is 10.0 Å². The van der Waals surface area contributed by atoms with Crippen molar-refractivity contribution >= 4 is 35.0 Å². The Morgan fingerprint density at radius 3 is 2.92 bits per heavy atom. The van der Waals surface area contributed by atoms with Gasteiger partial charge in [-0.3, -0.25) is 0 Å². The minimum atomic E-state index is 0.100. The molecular weight excluding hydrogens is 225 g/mol. The molecule has 2 rings (SSSR count). The Balaban J connectivity index is 2.56. The standard InChI is InChI=1S/C9H9Cl2NS/c10-7-2-1-5-6(9(7)11)3-13-4-8(5)12/h1-2,8H,3-4,12H2/t8-/m0/s1. The number of hydrogen-bond acceptors (Lipinski definition) is 2. The van der Waals surface area contributed by atoms with E-state index in [1.807, 2.05) is 12.1 Å². The first-order chi connectivity index (χ1) is 6.20. The van der Waals surface area contributed by atoms with Gasteiger partial charge in [-0.25, -0.2) is 0 Å². The van der Waals surface area contributed by atoms with Gasteiger partial charge in [0.15, 0.2) is 0 Å². The molecule has 0 saturated carbocycles. The maximum absolute atomic E-state index is 6.08. The highest BCUT2D eigenvalue weighted by molar-refractivity contribution is 7.98. The lowest BCUT2D eigenvalue weighted by atomic mass is 10.0. The Kier molecular flexibility index (Phi) is 2.75. The van der Waals surface area contributed by atoms with E-state index < -0.39 is 0 Å². The van der Waals surface area contributed by atoms with Crippen molar-refractivity contribution in [3.63, 3.8) is 0 Å². The highest BCUT2D eigenvalue weighted by Gasteiger charge is 2.20. The summed E-state index contributed by atoms with van der Waals surface area (Å²) < 4.78 is 0. The molecule has 0 radical (unpaired) electrons. The summed E-state index contributed by atoms with van der Waals surface area (Å²) in [5, 5.41) is 1.29. The van der Waals surface area contributed by atoms with Gasteiger partial charge in [0.2, 0.25) is 0 Å². The minimum absolute atomic E-state index is 0.100. The van der Waals surface area contributed by atoms with Crippen LogP contribution in [0.4, 0.5) is 0 Å². The summed E-state index contributed by atoms with van der Waals surface area (Å²) in [5.74, 6) is 1.88. The molecule has 1 aromatic rings.